The van der Waals surface area contributed by atoms with Gasteiger partial charge in [0.1, 0.15) is 19.0 Å². The van der Waals surface area contributed by atoms with Crippen LogP contribution in [0.15, 0.2) is 46.9 Å². The van der Waals surface area contributed by atoms with Gasteiger partial charge in [-0.3, -0.25) is 10.1 Å². The van der Waals surface area contributed by atoms with Crippen molar-refractivity contribution in [2.75, 3.05) is 18.5 Å². The molecular weight excluding hydrogens is 341 g/mol. The van der Waals surface area contributed by atoms with E-state index in [2.05, 4.69) is 15.5 Å². The third-order valence-corrected chi connectivity index (χ3v) is 3.74. The molecule has 132 valence electrons. The topological polar surface area (TPSA) is 86.5 Å². The Morgan fingerprint density at radius 2 is 1.81 bits per heavy atom. The molecule has 1 N–H and O–H groups in total. The molecule has 2 heterocycles. The van der Waals surface area contributed by atoms with E-state index in [1.54, 1.807) is 30.3 Å². The summed E-state index contributed by atoms with van der Waals surface area (Å²) in [6, 6.07) is 11.0. The van der Waals surface area contributed by atoms with Gasteiger partial charge in [0, 0.05) is 5.56 Å². The molecule has 0 atom stereocenters. The maximum absolute atomic E-state index is 12.9. The second kappa shape index (κ2) is 6.83. The van der Waals surface area contributed by atoms with Gasteiger partial charge in [0.2, 0.25) is 11.8 Å². The highest BCUT2D eigenvalue weighted by molar-refractivity contribution is 5.90. The van der Waals surface area contributed by atoms with Crippen LogP contribution in [-0.4, -0.2) is 29.3 Å². The molecular formula is C18H14FN3O4. The SMILES string of the molecule is O=C(Cc1ccc(F)cc1)Nc1nnc(-c2ccc3c(c2)OCCO3)o1. The molecule has 3 aromatic rings. The van der Waals surface area contributed by atoms with Gasteiger partial charge in [-0.15, -0.1) is 5.10 Å². The molecule has 1 amide bonds. The fraction of sp³-hybridized carbons (Fsp3) is 0.167. The Kier molecular flexibility index (Phi) is 4.22. The number of nitrogens with zero attached hydrogens (tertiary/aromatic N) is 2. The summed E-state index contributed by atoms with van der Waals surface area (Å²) in [6.45, 7) is 0.988. The molecule has 0 bridgehead atoms. The number of anilines is 1. The lowest BCUT2D eigenvalue weighted by atomic mass is 10.1. The number of halogens is 1. The van der Waals surface area contributed by atoms with Crippen LogP contribution in [0.4, 0.5) is 10.4 Å². The summed E-state index contributed by atoms with van der Waals surface area (Å²) in [6.07, 6.45) is 0.0714. The van der Waals surface area contributed by atoms with Crippen molar-refractivity contribution in [3.63, 3.8) is 0 Å². The van der Waals surface area contributed by atoms with Crippen LogP contribution < -0.4 is 14.8 Å². The van der Waals surface area contributed by atoms with Crippen molar-refractivity contribution in [1.29, 1.82) is 0 Å². The Hall–Kier alpha value is -3.42. The van der Waals surface area contributed by atoms with Crippen molar-refractivity contribution in [1.82, 2.24) is 10.2 Å². The van der Waals surface area contributed by atoms with Gasteiger partial charge in [0.25, 0.3) is 0 Å². The number of fused-ring (bicyclic) bond motifs is 1. The first-order valence-electron chi connectivity index (χ1n) is 7.95. The van der Waals surface area contributed by atoms with Crippen LogP contribution in [0.1, 0.15) is 5.56 Å². The third kappa shape index (κ3) is 3.49. The Morgan fingerprint density at radius 3 is 2.62 bits per heavy atom. The zero-order valence-corrected chi connectivity index (χ0v) is 13.6. The minimum Gasteiger partial charge on any atom is -0.486 e. The summed E-state index contributed by atoms with van der Waals surface area (Å²) < 4.78 is 29.4. The number of rotatable bonds is 4. The first kappa shape index (κ1) is 16.1. The van der Waals surface area contributed by atoms with Gasteiger partial charge in [-0.2, -0.15) is 0 Å². The van der Waals surface area contributed by atoms with E-state index in [0.29, 0.717) is 35.8 Å². The lowest BCUT2D eigenvalue weighted by molar-refractivity contribution is -0.115. The number of carbonyl (C=O) groups excluding carboxylic acids is 1. The first-order valence-corrected chi connectivity index (χ1v) is 7.95. The standard InChI is InChI=1S/C18H14FN3O4/c19-13-4-1-11(2-5-13)9-16(23)20-18-22-21-17(26-18)12-3-6-14-15(10-12)25-8-7-24-14/h1-6,10H,7-9H2,(H,20,22,23). The van der Waals surface area contributed by atoms with E-state index < -0.39 is 0 Å². The highest BCUT2D eigenvalue weighted by Gasteiger charge is 2.16. The number of amides is 1. The Morgan fingerprint density at radius 1 is 1.04 bits per heavy atom. The predicted octanol–water partition coefficient (Wildman–Crippen LogP) is 2.83. The summed E-state index contributed by atoms with van der Waals surface area (Å²) in [7, 11) is 0. The van der Waals surface area contributed by atoms with Crippen molar-refractivity contribution in [3.8, 4) is 23.0 Å². The van der Waals surface area contributed by atoms with Gasteiger partial charge in [0.15, 0.2) is 11.5 Å². The summed E-state index contributed by atoms with van der Waals surface area (Å²) >= 11 is 0. The monoisotopic (exact) mass is 355 g/mol. The number of aromatic nitrogens is 2. The van der Waals surface area contributed by atoms with Gasteiger partial charge >= 0.3 is 6.01 Å². The van der Waals surface area contributed by atoms with Gasteiger partial charge < -0.3 is 13.9 Å². The molecule has 0 radical (unpaired) electrons. The van der Waals surface area contributed by atoms with Crippen molar-refractivity contribution in [3.05, 3.63) is 53.8 Å². The van der Waals surface area contributed by atoms with E-state index in [9.17, 15) is 9.18 Å². The molecule has 0 aliphatic carbocycles. The molecule has 0 saturated carbocycles. The lowest BCUT2D eigenvalue weighted by Crippen LogP contribution is -2.15. The minimum absolute atomic E-state index is 0.0120. The van der Waals surface area contributed by atoms with E-state index in [0.717, 1.165) is 0 Å². The highest BCUT2D eigenvalue weighted by Crippen LogP contribution is 2.34. The van der Waals surface area contributed by atoms with E-state index in [1.165, 1.54) is 12.1 Å². The van der Waals surface area contributed by atoms with Gasteiger partial charge in [-0.05, 0) is 35.9 Å². The molecule has 7 nitrogen and oxygen atoms in total. The summed E-state index contributed by atoms with van der Waals surface area (Å²) in [4.78, 5) is 12.0. The summed E-state index contributed by atoms with van der Waals surface area (Å²) in [5.41, 5.74) is 1.33. The molecule has 0 saturated heterocycles. The van der Waals surface area contributed by atoms with E-state index in [4.69, 9.17) is 13.9 Å². The number of benzene rings is 2. The molecule has 1 aliphatic rings. The smallest absolute Gasteiger partial charge is 0.322 e. The van der Waals surface area contributed by atoms with Crippen LogP contribution >= 0.6 is 0 Å². The largest absolute Gasteiger partial charge is 0.486 e. The van der Waals surface area contributed by atoms with Gasteiger partial charge in [-0.25, -0.2) is 4.39 Å². The van der Waals surface area contributed by atoms with Crippen molar-refractivity contribution in [2.24, 2.45) is 0 Å². The molecule has 1 aliphatic heterocycles. The number of hydrogen-bond donors (Lipinski definition) is 1. The van der Waals surface area contributed by atoms with Crippen LogP contribution in [0, 0.1) is 5.82 Å². The van der Waals surface area contributed by atoms with Crippen molar-refractivity contribution < 1.29 is 23.1 Å². The van der Waals surface area contributed by atoms with Gasteiger partial charge in [0.05, 0.1) is 6.42 Å². The Balaban J connectivity index is 1.44. The molecule has 0 unspecified atom stereocenters. The maximum Gasteiger partial charge on any atom is 0.322 e. The van der Waals surface area contributed by atoms with E-state index in [-0.39, 0.29) is 30.1 Å². The summed E-state index contributed by atoms with van der Waals surface area (Å²) in [5, 5.41) is 10.3. The third-order valence-electron chi connectivity index (χ3n) is 3.74. The average molecular weight is 355 g/mol. The molecule has 0 fully saturated rings. The fourth-order valence-electron chi connectivity index (χ4n) is 2.52. The van der Waals surface area contributed by atoms with Crippen LogP contribution in [0.25, 0.3) is 11.5 Å². The van der Waals surface area contributed by atoms with Crippen LogP contribution in [0.2, 0.25) is 0 Å². The summed E-state index contributed by atoms with van der Waals surface area (Å²) in [5.74, 6) is 0.823. The van der Waals surface area contributed by atoms with Gasteiger partial charge in [-0.1, -0.05) is 17.2 Å². The van der Waals surface area contributed by atoms with E-state index >= 15 is 0 Å². The molecule has 1 aromatic heterocycles. The predicted molar refractivity (Wildman–Crippen MR) is 89.5 cm³/mol. The van der Waals surface area contributed by atoms with Crippen molar-refractivity contribution in [2.45, 2.75) is 6.42 Å². The van der Waals surface area contributed by atoms with Crippen LogP contribution in [0.3, 0.4) is 0 Å². The van der Waals surface area contributed by atoms with Crippen LogP contribution in [0.5, 0.6) is 11.5 Å². The quantitative estimate of drug-likeness (QED) is 0.774. The van der Waals surface area contributed by atoms with Crippen LogP contribution in [-0.2, 0) is 11.2 Å². The molecule has 26 heavy (non-hydrogen) atoms. The number of ether oxygens (including phenoxy) is 2. The lowest BCUT2D eigenvalue weighted by Gasteiger charge is -2.18. The first-order chi connectivity index (χ1) is 12.7. The Labute approximate surface area is 147 Å². The highest BCUT2D eigenvalue weighted by atomic mass is 19.1. The van der Waals surface area contributed by atoms with E-state index in [1.807, 2.05) is 0 Å². The second-order valence-electron chi connectivity index (χ2n) is 5.62. The molecule has 8 heteroatoms. The second-order valence-corrected chi connectivity index (χ2v) is 5.62. The molecule has 4 rings (SSSR count). The number of carbonyl (C=O) groups is 1. The zero-order valence-electron chi connectivity index (χ0n) is 13.6. The Bertz CT molecular complexity index is 940. The molecule has 0 spiro atoms. The maximum atomic E-state index is 12.9. The number of hydrogen-bond acceptors (Lipinski definition) is 6. The fourth-order valence-corrected chi connectivity index (χ4v) is 2.52. The van der Waals surface area contributed by atoms with Crippen molar-refractivity contribution >= 4 is 11.9 Å². The normalized spacial score (nSPS) is 12.7. The number of nitrogens with one attached hydrogen (secondary N) is 1. The zero-order chi connectivity index (χ0) is 17.9. The minimum atomic E-state index is -0.352. The average Bonchev–Trinajstić information content (AvgIpc) is 3.11. The molecule has 2 aromatic carbocycles.